The highest BCUT2D eigenvalue weighted by Gasteiger charge is 2.26. The predicted octanol–water partition coefficient (Wildman–Crippen LogP) is 3.50. The summed E-state index contributed by atoms with van der Waals surface area (Å²) >= 11 is 12.1. The summed E-state index contributed by atoms with van der Waals surface area (Å²) in [4.78, 5) is 13.8. The molecule has 0 saturated carbocycles. The Balaban J connectivity index is 1.96. The van der Waals surface area contributed by atoms with Crippen LogP contribution in [-0.2, 0) is 11.3 Å². The molecular formula is C15H12Cl2N2O2. The van der Waals surface area contributed by atoms with E-state index in [1.807, 2.05) is 6.07 Å². The largest absolute Gasteiger partial charge is 0.481 e. The lowest BCUT2D eigenvalue weighted by atomic mass is 10.1. The minimum atomic E-state index is -0.127. The molecule has 108 valence electrons. The number of nitrogens with two attached hydrogens (primary N) is 1. The average molecular weight is 323 g/mol. The second-order valence-corrected chi connectivity index (χ2v) is 5.58. The minimum absolute atomic E-state index is 0.0122. The first kappa shape index (κ1) is 14.0. The van der Waals surface area contributed by atoms with Crippen LogP contribution < -0.4 is 15.4 Å². The van der Waals surface area contributed by atoms with Crippen molar-refractivity contribution >= 4 is 40.5 Å². The van der Waals surface area contributed by atoms with E-state index in [9.17, 15) is 4.79 Å². The van der Waals surface area contributed by atoms with Crippen molar-refractivity contribution in [2.24, 2.45) is 0 Å². The van der Waals surface area contributed by atoms with Crippen LogP contribution in [0.3, 0.4) is 0 Å². The molecule has 0 unspecified atom stereocenters. The van der Waals surface area contributed by atoms with Crippen molar-refractivity contribution in [1.82, 2.24) is 0 Å². The number of benzene rings is 2. The van der Waals surface area contributed by atoms with Gasteiger partial charge in [0.05, 0.1) is 12.2 Å². The van der Waals surface area contributed by atoms with Crippen LogP contribution in [0.15, 0.2) is 36.4 Å². The number of rotatable bonds is 2. The molecule has 0 spiro atoms. The predicted molar refractivity (Wildman–Crippen MR) is 84.0 cm³/mol. The van der Waals surface area contributed by atoms with Crippen molar-refractivity contribution in [3.05, 3.63) is 52.0 Å². The standard InChI is InChI=1S/C15H12Cl2N2O2/c16-10-2-1-9(12(17)5-10)7-19-13-4-3-11(18)6-14(13)21-8-15(19)20/h1-6H,7-8,18H2. The van der Waals surface area contributed by atoms with Crippen LogP contribution in [0.25, 0.3) is 0 Å². The van der Waals surface area contributed by atoms with Gasteiger partial charge in [-0.2, -0.15) is 0 Å². The van der Waals surface area contributed by atoms with E-state index in [0.29, 0.717) is 33.7 Å². The molecule has 3 rings (SSSR count). The highest BCUT2D eigenvalue weighted by atomic mass is 35.5. The first-order valence-electron chi connectivity index (χ1n) is 6.31. The molecule has 1 amide bonds. The summed E-state index contributed by atoms with van der Waals surface area (Å²) in [6.07, 6.45) is 0. The molecule has 2 aromatic rings. The Labute approximate surface area is 132 Å². The van der Waals surface area contributed by atoms with Crippen LogP contribution in [0.4, 0.5) is 11.4 Å². The molecule has 0 atom stereocenters. The molecule has 1 aliphatic heterocycles. The second kappa shape index (κ2) is 5.47. The van der Waals surface area contributed by atoms with Crippen LogP contribution in [0.2, 0.25) is 10.0 Å². The van der Waals surface area contributed by atoms with Crippen molar-refractivity contribution < 1.29 is 9.53 Å². The SMILES string of the molecule is Nc1ccc2c(c1)OCC(=O)N2Cc1ccc(Cl)cc1Cl. The summed E-state index contributed by atoms with van der Waals surface area (Å²) in [5.74, 6) is 0.470. The molecule has 4 nitrogen and oxygen atoms in total. The number of carbonyl (C=O) groups excluding carboxylic acids is 1. The summed E-state index contributed by atoms with van der Waals surface area (Å²) in [6, 6.07) is 10.4. The van der Waals surface area contributed by atoms with Crippen LogP contribution >= 0.6 is 23.2 Å². The fourth-order valence-corrected chi connectivity index (χ4v) is 2.68. The third-order valence-electron chi connectivity index (χ3n) is 3.27. The molecule has 0 aliphatic carbocycles. The summed E-state index contributed by atoms with van der Waals surface area (Å²) in [6.45, 7) is 0.344. The van der Waals surface area contributed by atoms with Gasteiger partial charge in [0.1, 0.15) is 5.75 Å². The Morgan fingerprint density at radius 1 is 1.19 bits per heavy atom. The second-order valence-electron chi connectivity index (χ2n) is 4.73. The number of amides is 1. The summed E-state index contributed by atoms with van der Waals surface area (Å²) in [7, 11) is 0. The lowest BCUT2D eigenvalue weighted by Crippen LogP contribution is -2.38. The van der Waals surface area contributed by atoms with E-state index in [0.717, 1.165) is 5.56 Å². The zero-order chi connectivity index (χ0) is 15.0. The maximum absolute atomic E-state index is 12.1. The molecule has 0 radical (unpaired) electrons. The Bertz CT molecular complexity index is 719. The maximum Gasteiger partial charge on any atom is 0.265 e. The third-order valence-corrected chi connectivity index (χ3v) is 3.86. The molecule has 1 aliphatic rings. The number of carbonyl (C=O) groups is 1. The van der Waals surface area contributed by atoms with Gasteiger partial charge in [-0.05, 0) is 29.8 Å². The molecule has 2 aromatic carbocycles. The Morgan fingerprint density at radius 3 is 2.76 bits per heavy atom. The maximum atomic E-state index is 12.1. The van der Waals surface area contributed by atoms with Crippen molar-refractivity contribution in [3.8, 4) is 5.75 Å². The van der Waals surface area contributed by atoms with Gasteiger partial charge in [0.25, 0.3) is 5.91 Å². The number of ether oxygens (including phenoxy) is 1. The molecule has 0 saturated heterocycles. The van der Waals surface area contributed by atoms with E-state index >= 15 is 0 Å². The van der Waals surface area contributed by atoms with Crippen molar-refractivity contribution in [3.63, 3.8) is 0 Å². The Kier molecular flexibility index (Phi) is 3.66. The highest BCUT2D eigenvalue weighted by Crippen LogP contribution is 2.35. The number of hydrogen-bond donors (Lipinski definition) is 1. The van der Waals surface area contributed by atoms with E-state index in [-0.39, 0.29) is 12.5 Å². The Morgan fingerprint density at radius 2 is 2.00 bits per heavy atom. The first-order chi connectivity index (χ1) is 10.0. The molecule has 21 heavy (non-hydrogen) atoms. The average Bonchev–Trinajstić information content (AvgIpc) is 2.44. The topological polar surface area (TPSA) is 55.6 Å². The van der Waals surface area contributed by atoms with Gasteiger partial charge < -0.3 is 15.4 Å². The van der Waals surface area contributed by atoms with Crippen LogP contribution in [0, 0.1) is 0 Å². The molecular weight excluding hydrogens is 311 g/mol. The lowest BCUT2D eigenvalue weighted by Gasteiger charge is -2.29. The van der Waals surface area contributed by atoms with Crippen molar-refractivity contribution in [2.45, 2.75) is 6.54 Å². The molecule has 1 heterocycles. The van der Waals surface area contributed by atoms with Gasteiger partial charge in [-0.1, -0.05) is 29.3 Å². The van der Waals surface area contributed by atoms with Gasteiger partial charge in [0.2, 0.25) is 0 Å². The van der Waals surface area contributed by atoms with E-state index in [1.54, 1.807) is 35.2 Å². The molecule has 0 bridgehead atoms. The fourth-order valence-electron chi connectivity index (χ4n) is 2.21. The normalized spacial score (nSPS) is 13.8. The number of fused-ring (bicyclic) bond motifs is 1. The van der Waals surface area contributed by atoms with E-state index in [2.05, 4.69) is 0 Å². The van der Waals surface area contributed by atoms with Gasteiger partial charge in [0, 0.05) is 21.8 Å². The molecule has 2 N–H and O–H groups in total. The number of halogens is 2. The van der Waals surface area contributed by atoms with E-state index in [4.69, 9.17) is 33.7 Å². The summed E-state index contributed by atoms with van der Waals surface area (Å²) in [5, 5.41) is 1.09. The summed E-state index contributed by atoms with van der Waals surface area (Å²) < 4.78 is 5.41. The molecule has 0 aromatic heterocycles. The van der Waals surface area contributed by atoms with E-state index in [1.165, 1.54) is 0 Å². The fraction of sp³-hybridized carbons (Fsp3) is 0.133. The van der Waals surface area contributed by atoms with Crippen molar-refractivity contribution in [1.29, 1.82) is 0 Å². The third kappa shape index (κ3) is 2.77. The zero-order valence-corrected chi connectivity index (χ0v) is 12.5. The molecule has 6 heteroatoms. The van der Waals surface area contributed by atoms with Gasteiger partial charge >= 0.3 is 0 Å². The quantitative estimate of drug-likeness (QED) is 0.861. The van der Waals surface area contributed by atoms with Gasteiger partial charge in [-0.15, -0.1) is 0 Å². The van der Waals surface area contributed by atoms with Gasteiger partial charge in [-0.25, -0.2) is 0 Å². The van der Waals surface area contributed by atoms with Gasteiger partial charge in [-0.3, -0.25) is 4.79 Å². The smallest absolute Gasteiger partial charge is 0.265 e. The zero-order valence-electron chi connectivity index (χ0n) is 11.0. The van der Waals surface area contributed by atoms with Crippen LogP contribution in [-0.4, -0.2) is 12.5 Å². The first-order valence-corrected chi connectivity index (χ1v) is 7.07. The number of hydrogen-bond acceptors (Lipinski definition) is 3. The van der Waals surface area contributed by atoms with Crippen LogP contribution in [0.5, 0.6) is 5.75 Å². The van der Waals surface area contributed by atoms with Gasteiger partial charge in [0.15, 0.2) is 6.61 Å². The Hall–Kier alpha value is -1.91. The van der Waals surface area contributed by atoms with E-state index < -0.39 is 0 Å². The minimum Gasteiger partial charge on any atom is -0.481 e. The monoisotopic (exact) mass is 322 g/mol. The van der Waals surface area contributed by atoms with Crippen LogP contribution in [0.1, 0.15) is 5.56 Å². The lowest BCUT2D eigenvalue weighted by molar-refractivity contribution is -0.121. The number of nitrogens with zero attached hydrogens (tertiary/aromatic N) is 1. The molecule has 0 fully saturated rings. The highest BCUT2D eigenvalue weighted by molar-refractivity contribution is 6.35. The van der Waals surface area contributed by atoms with Crippen molar-refractivity contribution in [2.75, 3.05) is 17.2 Å². The summed E-state index contributed by atoms with van der Waals surface area (Å²) in [5.41, 5.74) is 7.83. The number of anilines is 2. The number of nitrogen functional groups attached to an aromatic ring is 1.